The van der Waals surface area contributed by atoms with Gasteiger partial charge < -0.3 is 19.6 Å². The summed E-state index contributed by atoms with van der Waals surface area (Å²) >= 11 is 0. The van der Waals surface area contributed by atoms with Gasteiger partial charge in [-0.05, 0) is 268 Å². The Hall–Kier alpha value is -14.8. The fourth-order valence-electron chi connectivity index (χ4n) is 20.9. The Morgan fingerprint density at radius 2 is 0.292 bits per heavy atom. The minimum atomic E-state index is -0.680. The van der Waals surface area contributed by atoms with Crippen LogP contribution in [0.2, 0.25) is 0 Å². The van der Waals surface area contributed by atoms with Crippen LogP contribution in [-0.2, 0) is 21.7 Å². The van der Waals surface area contributed by atoms with Crippen molar-refractivity contribution in [2.45, 2.75) is 49.4 Å². The zero-order valence-corrected chi connectivity index (χ0v) is 67.5. The second-order valence-corrected chi connectivity index (χ2v) is 33.5. The minimum Gasteiger partial charge on any atom is -0.310 e. The van der Waals surface area contributed by atoms with E-state index in [1.807, 2.05) is 0 Å². The van der Waals surface area contributed by atoms with Gasteiger partial charge in [0.1, 0.15) is 0 Å². The van der Waals surface area contributed by atoms with Gasteiger partial charge in [0, 0.05) is 79.1 Å². The van der Waals surface area contributed by atoms with Crippen LogP contribution in [0, 0.1) is 0 Å². The molecule has 0 aliphatic heterocycles. The molecule has 4 aliphatic rings. The van der Waals surface area contributed by atoms with E-state index in [9.17, 15) is 0 Å². The molecule has 18 aromatic rings. The van der Waals surface area contributed by atoms with E-state index in [0.29, 0.717) is 0 Å². The van der Waals surface area contributed by atoms with E-state index in [1.54, 1.807) is 0 Å². The number of hydrogen-bond donors (Lipinski definition) is 0. The highest BCUT2D eigenvalue weighted by atomic mass is 15.2. The zero-order chi connectivity index (χ0) is 80.3. The zero-order valence-electron chi connectivity index (χ0n) is 67.5. The Kier molecular flexibility index (Phi) is 17.0. The maximum atomic E-state index is 2.52. The van der Waals surface area contributed by atoms with Gasteiger partial charge in [-0.2, -0.15) is 0 Å². The van der Waals surface area contributed by atoms with Crippen molar-refractivity contribution in [2.24, 2.45) is 0 Å². The molecule has 4 nitrogen and oxygen atoms in total. The standard InChI is InChI=1S/C116H86N4/c1-113(2)101-43-23-27-47-105(101)115(106-48-28-24-44-102(106)113)109-75-93(117(85-33-13-6-14-34-85)86-35-15-7-16-36-86)67-71-97(109)98-72-69-95(77-110(98)115)119(88-39-19-9-20-40-88)91-63-57-83(58-64-91)80-51-53-81(54-52-80)84-59-65-92(66-60-84)120(89-41-21-10-22-42-89)96-70-74-100-99-73-68-94(118(87-37-17-8-18-38-87)90-61-55-82(56-62-90)79-31-11-5-12-32-79)76-111(99)116(112(100)78-96)107-49-29-25-45-103(107)114(3,4)104-46-26-30-50-108(104)116/h5-78H,1-4H3. The fourth-order valence-corrected chi connectivity index (χ4v) is 20.9. The molecular weight excluding hydrogens is 1450 g/mol. The lowest BCUT2D eigenvalue weighted by Gasteiger charge is -2.47. The molecule has 18 aromatic carbocycles. The summed E-state index contributed by atoms with van der Waals surface area (Å²) in [5, 5.41) is 0. The number of rotatable bonds is 15. The molecule has 0 heterocycles. The van der Waals surface area contributed by atoms with Crippen LogP contribution in [0.5, 0.6) is 0 Å². The number of fused-ring (bicyclic) bond motifs is 18. The van der Waals surface area contributed by atoms with E-state index >= 15 is 0 Å². The highest BCUT2D eigenvalue weighted by Crippen LogP contribution is 2.66. The van der Waals surface area contributed by atoms with Crippen LogP contribution in [0.15, 0.2) is 449 Å². The van der Waals surface area contributed by atoms with Gasteiger partial charge in [-0.3, -0.25) is 0 Å². The molecule has 0 fully saturated rings. The van der Waals surface area contributed by atoms with Crippen LogP contribution < -0.4 is 19.6 Å². The van der Waals surface area contributed by atoms with E-state index in [-0.39, 0.29) is 10.8 Å². The van der Waals surface area contributed by atoms with Crippen molar-refractivity contribution < 1.29 is 0 Å². The van der Waals surface area contributed by atoms with Crippen molar-refractivity contribution in [3.8, 4) is 55.6 Å². The van der Waals surface area contributed by atoms with E-state index < -0.39 is 10.8 Å². The van der Waals surface area contributed by atoms with Crippen LogP contribution in [-0.4, -0.2) is 0 Å². The minimum absolute atomic E-state index is 0.256. The summed E-state index contributed by atoms with van der Waals surface area (Å²) in [5.74, 6) is 0. The summed E-state index contributed by atoms with van der Waals surface area (Å²) in [6.45, 7) is 9.62. The maximum Gasteiger partial charge on any atom is 0.0721 e. The predicted molar refractivity (Wildman–Crippen MR) is 500 cm³/mol. The number of anilines is 12. The Bertz CT molecular complexity index is 6760. The highest BCUT2D eigenvalue weighted by Gasteiger charge is 2.56. The van der Waals surface area contributed by atoms with Gasteiger partial charge in [-0.1, -0.05) is 331 Å². The number of para-hydroxylation sites is 5. The molecule has 0 unspecified atom stereocenters. The summed E-state index contributed by atoms with van der Waals surface area (Å²) < 4.78 is 0. The third kappa shape index (κ3) is 11.3. The third-order valence-electron chi connectivity index (χ3n) is 26.4. The first-order valence-corrected chi connectivity index (χ1v) is 41.9. The SMILES string of the molecule is CC1(C)c2ccccc2C2(c3cc(N(c4ccccc4)c4ccccc4)ccc3-c3ccc(N(c4ccccc4)c4ccc(-c5ccc(-c6ccc(N(c7ccccc7)c7ccc8c(c7)C7(c9cc(N(c%10ccccc%10)c%10ccc(-c%11ccccc%11)cc%10)ccc9-8)c8ccccc8C(C)(C)c8ccccc87)cc6)cc5)cc4)cc32)c2ccccc21. The lowest BCUT2D eigenvalue weighted by Crippen LogP contribution is -2.40. The van der Waals surface area contributed by atoms with E-state index in [4.69, 9.17) is 0 Å². The first kappa shape index (κ1) is 71.7. The lowest BCUT2D eigenvalue weighted by atomic mass is 9.55. The van der Waals surface area contributed by atoms with Gasteiger partial charge >= 0.3 is 0 Å². The van der Waals surface area contributed by atoms with Crippen molar-refractivity contribution >= 4 is 68.2 Å². The molecule has 22 rings (SSSR count). The monoisotopic (exact) mass is 1530 g/mol. The molecule has 0 bridgehead atoms. The fraction of sp³-hybridized carbons (Fsp3) is 0.0690. The Morgan fingerprint density at radius 1 is 0.133 bits per heavy atom. The van der Waals surface area contributed by atoms with Crippen molar-refractivity contribution in [3.05, 3.63) is 516 Å². The van der Waals surface area contributed by atoms with Gasteiger partial charge in [0.2, 0.25) is 0 Å². The first-order chi connectivity index (χ1) is 59.0. The first-order valence-electron chi connectivity index (χ1n) is 41.9. The molecular formula is C116H86N4. The smallest absolute Gasteiger partial charge is 0.0721 e. The number of benzene rings is 18. The van der Waals surface area contributed by atoms with Gasteiger partial charge in [0.05, 0.1) is 10.8 Å². The molecule has 120 heavy (non-hydrogen) atoms. The van der Waals surface area contributed by atoms with Gasteiger partial charge in [0.25, 0.3) is 0 Å². The predicted octanol–water partition coefficient (Wildman–Crippen LogP) is 30.6. The van der Waals surface area contributed by atoms with Gasteiger partial charge in [-0.25, -0.2) is 0 Å². The van der Waals surface area contributed by atoms with Gasteiger partial charge in [0.15, 0.2) is 0 Å². The van der Waals surface area contributed by atoms with Crippen molar-refractivity contribution in [1.29, 1.82) is 0 Å². The van der Waals surface area contributed by atoms with Crippen LogP contribution in [0.4, 0.5) is 68.2 Å². The van der Waals surface area contributed by atoms with Crippen LogP contribution >= 0.6 is 0 Å². The van der Waals surface area contributed by atoms with Gasteiger partial charge in [-0.15, -0.1) is 0 Å². The summed E-state index contributed by atoms with van der Waals surface area (Å²) in [4.78, 5) is 9.71. The molecule has 0 saturated heterocycles. The number of hydrogen-bond acceptors (Lipinski definition) is 4. The summed E-state index contributed by atoms with van der Waals surface area (Å²) in [7, 11) is 0. The molecule has 0 atom stereocenters. The summed E-state index contributed by atoms with van der Waals surface area (Å²) in [6.07, 6.45) is 0. The lowest BCUT2D eigenvalue weighted by molar-refractivity contribution is 0.563. The molecule has 0 radical (unpaired) electrons. The highest BCUT2D eigenvalue weighted by molar-refractivity contribution is 5.97. The molecule has 570 valence electrons. The van der Waals surface area contributed by atoms with Crippen LogP contribution in [0.1, 0.15) is 94.5 Å². The molecule has 0 saturated carbocycles. The van der Waals surface area contributed by atoms with Crippen molar-refractivity contribution in [2.75, 3.05) is 19.6 Å². The molecule has 4 aliphatic carbocycles. The second kappa shape index (κ2) is 28.5. The summed E-state index contributed by atoms with van der Waals surface area (Å²) in [5.41, 5.74) is 38.9. The van der Waals surface area contributed by atoms with Crippen molar-refractivity contribution in [3.63, 3.8) is 0 Å². The normalized spacial score (nSPS) is 13.9. The number of nitrogens with zero attached hydrogens (tertiary/aromatic N) is 4. The third-order valence-corrected chi connectivity index (χ3v) is 26.4. The Balaban J connectivity index is 0.604. The molecule has 0 aromatic heterocycles. The van der Waals surface area contributed by atoms with Crippen LogP contribution in [0.3, 0.4) is 0 Å². The second-order valence-electron chi connectivity index (χ2n) is 33.5. The molecule has 0 amide bonds. The van der Waals surface area contributed by atoms with E-state index in [0.717, 1.165) is 90.5 Å². The Morgan fingerprint density at radius 3 is 0.508 bits per heavy atom. The average Bonchev–Trinajstić information content (AvgIpc) is 1.47. The average molecular weight is 1540 g/mol. The summed E-state index contributed by atoms with van der Waals surface area (Å²) in [6, 6.07) is 167. The van der Waals surface area contributed by atoms with E-state index in [2.05, 4.69) is 496 Å². The van der Waals surface area contributed by atoms with E-state index in [1.165, 1.54) is 100 Å². The molecule has 2 spiro atoms. The topological polar surface area (TPSA) is 13.0 Å². The molecule has 0 N–H and O–H groups in total. The Labute approximate surface area is 703 Å². The largest absolute Gasteiger partial charge is 0.310 e. The quantitative estimate of drug-likeness (QED) is 0.101. The van der Waals surface area contributed by atoms with Crippen LogP contribution in [0.25, 0.3) is 55.6 Å². The molecule has 4 heteroatoms. The van der Waals surface area contributed by atoms with Crippen molar-refractivity contribution in [1.82, 2.24) is 0 Å². The maximum absolute atomic E-state index is 2.52.